The van der Waals surface area contributed by atoms with Gasteiger partial charge in [0.05, 0.1) is 11.4 Å². The third-order valence-electron chi connectivity index (χ3n) is 4.99. The average Bonchev–Trinajstić information content (AvgIpc) is 3.25. The summed E-state index contributed by atoms with van der Waals surface area (Å²) in [6, 6.07) is 13.0. The van der Waals surface area contributed by atoms with E-state index in [4.69, 9.17) is 9.47 Å². The van der Waals surface area contributed by atoms with Gasteiger partial charge in [0.1, 0.15) is 0 Å². The number of hydrogen-bond donors (Lipinski definition) is 1. The van der Waals surface area contributed by atoms with E-state index in [0.717, 1.165) is 5.56 Å². The van der Waals surface area contributed by atoms with Crippen molar-refractivity contribution in [2.75, 3.05) is 6.79 Å². The second kappa shape index (κ2) is 6.88. The molecule has 0 saturated heterocycles. The summed E-state index contributed by atoms with van der Waals surface area (Å²) in [4.78, 5) is 24.7. The van der Waals surface area contributed by atoms with Crippen LogP contribution in [0.15, 0.2) is 48.5 Å². The molecule has 1 aliphatic rings. The molecule has 0 bridgehead atoms. The first-order valence-corrected chi connectivity index (χ1v) is 8.92. The lowest BCUT2D eigenvalue weighted by Crippen LogP contribution is -2.12. The molecule has 3 aromatic rings. The largest absolute Gasteiger partial charge is 0.481 e. The maximum atomic E-state index is 13.0. The van der Waals surface area contributed by atoms with E-state index < -0.39 is 11.9 Å². The molecule has 1 unspecified atom stereocenters. The molecule has 2 heterocycles. The minimum absolute atomic E-state index is 0.104. The smallest absolute Gasteiger partial charge is 0.310 e. The third kappa shape index (κ3) is 2.93. The number of fused-ring (bicyclic) bond motifs is 2. The molecule has 142 valence electrons. The number of allylic oxidation sites excluding steroid dienone is 1. The maximum Gasteiger partial charge on any atom is 0.310 e. The van der Waals surface area contributed by atoms with Gasteiger partial charge in [0.15, 0.2) is 11.5 Å². The van der Waals surface area contributed by atoms with Crippen LogP contribution in [0.2, 0.25) is 0 Å². The van der Waals surface area contributed by atoms with Crippen LogP contribution in [0.3, 0.4) is 0 Å². The van der Waals surface area contributed by atoms with Crippen LogP contribution in [-0.4, -0.2) is 28.3 Å². The van der Waals surface area contributed by atoms with Crippen molar-refractivity contribution >= 4 is 28.9 Å². The number of benzene rings is 2. The Balaban J connectivity index is 1.87. The van der Waals surface area contributed by atoms with Crippen molar-refractivity contribution in [2.45, 2.75) is 19.8 Å². The van der Waals surface area contributed by atoms with E-state index in [1.807, 2.05) is 30.3 Å². The molecule has 1 N–H and O–H groups in total. The topological polar surface area (TPSA) is 77.8 Å². The van der Waals surface area contributed by atoms with Crippen LogP contribution in [-0.2, 0) is 4.79 Å². The summed E-state index contributed by atoms with van der Waals surface area (Å²) < 4.78 is 12.4. The second-order valence-corrected chi connectivity index (χ2v) is 6.70. The zero-order valence-electron chi connectivity index (χ0n) is 15.5. The molecule has 2 aromatic carbocycles. The summed E-state index contributed by atoms with van der Waals surface area (Å²) in [6.45, 7) is 3.48. The van der Waals surface area contributed by atoms with Crippen molar-refractivity contribution in [3.8, 4) is 11.5 Å². The molecule has 4 rings (SSSR count). The van der Waals surface area contributed by atoms with Crippen LogP contribution in [0.25, 0.3) is 17.0 Å². The van der Waals surface area contributed by atoms with Crippen LogP contribution in [0, 0.1) is 6.92 Å². The first-order chi connectivity index (χ1) is 13.5. The van der Waals surface area contributed by atoms with Crippen molar-refractivity contribution in [2.24, 2.45) is 0 Å². The van der Waals surface area contributed by atoms with Crippen molar-refractivity contribution in [1.82, 2.24) is 4.57 Å². The SMILES string of the molecule is Cc1c(C(C)C(=O)O)c2cc3c(cc2n1C(=O)C=Cc1ccccc1)OCO3. The molecule has 0 radical (unpaired) electrons. The Labute approximate surface area is 161 Å². The Morgan fingerprint density at radius 1 is 1.14 bits per heavy atom. The predicted octanol–water partition coefficient (Wildman–Crippen LogP) is 4.22. The number of carbonyl (C=O) groups excluding carboxylic acids is 1. The zero-order chi connectivity index (χ0) is 19.8. The standard InChI is InChI=1S/C22H19NO5/c1-13(22(25)26)21-14(2)23(20(24)9-8-15-6-4-3-5-7-15)17-11-19-18(10-16(17)21)27-12-28-19/h3-11,13H,12H2,1-2H3,(H,25,26). The Hall–Kier alpha value is -3.54. The van der Waals surface area contributed by atoms with Gasteiger partial charge in [-0.05, 0) is 37.1 Å². The van der Waals surface area contributed by atoms with Gasteiger partial charge in [-0.25, -0.2) is 0 Å². The summed E-state index contributed by atoms with van der Waals surface area (Å²) in [7, 11) is 0. The first-order valence-electron chi connectivity index (χ1n) is 8.92. The van der Waals surface area contributed by atoms with Gasteiger partial charge in [0.25, 0.3) is 5.91 Å². The Bertz CT molecular complexity index is 1110. The summed E-state index contributed by atoms with van der Waals surface area (Å²) in [6.07, 6.45) is 3.22. The highest BCUT2D eigenvalue weighted by Gasteiger charge is 2.27. The van der Waals surface area contributed by atoms with E-state index in [1.165, 1.54) is 10.6 Å². The van der Waals surface area contributed by atoms with Crippen molar-refractivity contribution < 1.29 is 24.2 Å². The molecule has 6 nitrogen and oxygen atoms in total. The first kappa shape index (κ1) is 17.9. The van der Waals surface area contributed by atoms with Crippen molar-refractivity contribution in [1.29, 1.82) is 0 Å². The van der Waals surface area contributed by atoms with Crippen LogP contribution in [0.1, 0.15) is 34.5 Å². The molecule has 1 aromatic heterocycles. The molecule has 0 fully saturated rings. The number of hydrogen-bond acceptors (Lipinski definition) is 4. The Morgan fingerprint density at radius 2 is 1.82 bits per heavy atom. The van der Waals surface area contributed by atoms with Gasteiger partial charge in [0.2, 0.25) is 6.79 Å². The molecule has 0 aliphatic carbocycles. The quantitative estimate of drug-likeness (QED) is 0.689. The van der Waals surface area contributed by atoms with Crippen molar-refractivity contribution in [3.63, 3.8) is 0 Å². The van der Waals surface area contributed by atoms with Crippen LogP contribution in [0.4, 0.5) is 0 Å². The van der Waals surface area contributed by atoms with Gasteiger partial charge < -0.3 is 14.6 Å². The van der Waals surface area contributed by atoms with Gasteiger partial charge in [-0.3, -0.25) is 14.2 Å². The fourth-order valence-corrected chi connectivity index (χ4v) is 3.59. The van der Waals surface area contributed by atoms with Gasteiger partial charge in [-0.2, -0.15) is 0 Å². The number of rotatable bonds is 4. The zero-order valence-corrected chi connectivity index (χ0v) is 15.5. The maximum absolute atomic E-state index is 13.0. The second-order valence-electron chi connectivity index (χ2n) is 6.70. The number of aromatic nitrogens is 1. The highest BCUT2D eigenvalue weighted by Crippen LogP contribution is 2.41. The number of aliphatic carboxylic acids is 1. The minimum atomic E-state index is -0.952. The van der Waals surface area contributed by atoms with E-state index in [9.17, 15) is 14.7 Å². The number of carboxylic acid groups (broad SMARTS) is 1. The fourth-order valence-electron chi connectivity index (χ4n) is 3.59. The lowest BCUT2D eigenvalue weighted by molar-refractivity contribution is -0.138. The lowest BCUT2D eigenvalue weighted by atomic mass is 9.98. The normalized spacial score (nSPS) is 13.9. The molecule has 0 spiro atoms. The summed E-state index contributed by atoms with van der Waals surface area (Å²) in [5, 5.41) is 10.2. The number of carbonyl (C=O) groups is 2. The summed E-state index contributed by atoms with van der Waals surface area (Å²) >= 11 is 0. The molecular formula is C22H19NO5. The monoisotopic (exact) mass is 377 g/mol. The van der Waals surface area contributed by atoms with Crippen molar-refractivity contribution in [3.05, 3.63) is 65.4 Å². The lowest BCUT2D eigenvalue weighted by Gasteiger charge is -2.08. The summed E-state index contributed by atoms with van der Waals surface area (Å²) in [5.41, 5.74) is 2.70. The predicted molar refractivity (Wildman–Crippen MR) is 105 cm³/mol. The number of carboxylic acids is 1. The third-order valence-corrected chi connectivity index (χ3v) is 4.99. The van der Waals surface area contributed by atoms with E-state index in [2.05, 4.69) is 0 Å². The number of nitrogens with zero attached hydrogens (tertiary/aromatic N) is 1. The van der Waals surface area contributed by atoms with Crippen LogP contribution >= 0.6 is 0 Å². The van der Waals surface area contributed by atoms with E-state index in [0.29, 0.717) is 33.7 Å². The minimum Gasteiger partial charge on any atom is -0.481 e. The van der Waals surface area contributed by atoms with Gasteiger partial charge in [-0.15, -0.1) is 0 Å². The Morgan fingerprint density at radius 3 is 2.50 bits per heavy atom. The molecule has 6 heteroatoms. The highest BCUT2D eigenvalue weighted by atomic mass is 16.7. The van der Waals surface area contributed by atoms with Gasteiger partial charge in [-0.1, -0.05) is 30.3 Å². The molecule has 1 atom stereocenters. The van der Waals surface area contributed by atoms with Crippen LogP contribution in [0.5, 0.6) is 11.5 Å². The van der Waals surface area contributed by atoms with E-state index in [1.54, 1.807) is 32.1 Å². The molecule has 28 heavy (non-hydrogen) atoms. The molecule has 1 aliphatic heterocycles. The van der Waals surface area contributed by atoms with E-state index in [-0.39, 0.29) is 12.7 Å². The average molecular weight is 377 g/mol. The van der Waals surface area contributed by atoms with Crippen LogP contribution < -0.4 is 9.47 Å². The number of ether oxygens (including phenoxy) is 2. The fraction of sp³-hybridized carbons (Fsp3) is 0.182. The van der Waals surface area contributed by atoms with Gasteiger partial charge in [0, 0.05) is 23.2 Å². The van der Waals surface area contributed by atoms with E-state index >= 15 is 0 Å². The molecule has 0 saturated carbocycles. The summed E-state index contributed by atoms with van der Waals surface area (Å²) in [5.74, 6) is -0.882. The Kier molecular flexibility index (Phi) is 4.39. The molecule has 0 amide bonds. The van der Waals surface area contributed by atoms with Gasteiger partial charge >= 0.3 is 5.97 Å². The molecular weight excluding hydrogens is 358 g/mol. The highest BCUT2D eigenvalue weighted by molar-refractivity contribution is 6.04.